The highest BCUT2D eigenvalue weighted by atomic mass is 79.9. The van der Waals surface area contributed by atoms with E-state index in [-0.39, 0.29) is 5.88 Å². The largest absolute Gasteiger partial charge is 0.493 e. The van der Waals surface area contributed by atoms with Crippen LogP contribution in [0.2, 0.25) is 0 Å². The lowest BCUT2D eigenvalue weighted by molar-refractivity contribution is 0.424. The topological polar surface area (TPSA) is 37.5 Å². The maximum Gasteiger partial charge on any atom is 0.210 e. The average molecular weight is 379 g/mol. The number of thiazole rings is 1. The molecule has 0 unspecified atom stereocenters. The third kappa shape index (κ3) is 2.66. The number of fused-ring (bicyclic) bond motifs is 1. The minimum atomic E-state index is 0.175. The van der Waals surface area contributed by atoms with Crippen molar-refractivity contribution in [2.24, 2.45) is 4.99 Å². The second-order valence-corrected chi connectivity index (χ2v) is 7.07. The molecule has 3 rings (SSSR count). The van der Waals surface area contributed by atoms with Gasteiger partial charge in [0.15, 0.2) is 3.95 Å². The molecule has 0 fully saturated rings. The fourth-order valence-corrected chi connectivity index (χ4v) is 3.75. The van der Waals surface area contributed by atoms with E-state index in [1.54, 1.807) is 16.9 Å². The Bertz CT molecular complexity index is 846. The van der Waals surface area contributed by atoms with E-state index in [2.05, 4.69) is 27.5 Å². The lowest BCUT2D eigenvalue weighted by atomic mass is 10.1. The summed E-state index contributed by atoms with van der Waals surface area (Å²) in [7, 11) is 0. The predicted octanol–water partition coefficient (Wildman–Crippen LogP) is 5.19. The zero-order valence-corrected chi connectivity index (χ0v) is 14.1. The number of allylic oxidation sites excluding steroid dienone is 2. The number of hydrogen-bond acceptors (Lipinski definition) is 4. The molecule has 1 aromatic heterocycles. The molecule has 2 aromatic rings. The molecule has 0 aliphatic carbocycles. The number of rotatable bonds is 3. The molecule has 1 aliphatic heterocycles. The first kappa shape index (κ1) is 14.4. The molecule has 0 atom stereocenters. The highest BCUT2D eigenvalue weighted by Crippen LogP contribution is 2.37. The predicted molar refractivity (Wildman–Crippen MR) is 95.2 cm³/mol. The Morgan fingerprint density at radius 1 is 1.48 bits per heavy atom. The molecule has 0 spiro atoms. The zero-order chi connectivity index (χ0) is 15.0. The van der Waals surface area contributed by atoms with Crippen molar-refractivity contribution in [2.45, 2.75) is 6.54 Å². The molecule has 0 radical (unpaired) electrons. The molecule has 0 saturated carbocycles. The van der Waals surface area contributed by atoms with E-state index in [1.165, 1.54) is 11.3 Å². The van der Waals surface area contributed by atoms with Crippen molar-refractivity contribution in [3.63, 3.8) is 0 Å². The molecule has 2 heterocycles. The Morgan fingerprint density at radius 2 is 2.29 bits per heavy atom. The molecule has 6 heteroatoms. The first-order valence-corrected chi connectivity index (χ1v) is 8.21. The molecular formula is C15H11BrN2OS2. The van der Waals surface area contributed by atoms with Crippen molar-refractivity contribution in [2.75, 3.05) is 0 Å². The molecule has 3 nitrogen and oxygen atoms in total. The van der Waals surface area contributed by atoms with Gasteiger partial charge in [-0.2, -0.15) is 0 Å². The Morgan fingerprint density at radius 3 is 3.05 bits per heavy atom. The van der Waals surface area contributed by atoms with Gasteiger partial charge < -0.3 is 5.11 Å². The van der Waals surface area contributed by atoms with Crippen molar-refractivity contribution >= 4 is 63.0 Å². The number of halogens is 1. The van der Waals surface area contributed by atoms with Gasteiger partial charge in [-0.25, -0.2) is 0 Å². The molecule has 0 saturated heterocycles. The Labute approximate surface area is 139 Å². The summed E-state index contributed by atoms with van der Waals surface area (Å²) >= 11 is 10.1. The van der Waals surface area contributed by atoms with Crippen LogP contribution in [0.15, 0.2) is 40.3 Å². The van der Waals surface area contributed by atoms with Gasteiger partial charge in [-0.05, 0) is 36.5 Å². The van der Waals surface area contributed by atoms with Crippen LogP contribution in [0.3, 0.4) is 0 Å². The van der Waals surface area contributed by atoms with E-state index >= 15 is 0 Å². The first-order chi connectivity index (χ1) is 10.1. The summed E-state index contributed by atoms with van der Waals surface area (Å²) in [5.74, 6) is 0.175. The second kappa shape index (κ2) is 5.71. The van der Waals surface area contributed by atoms with Gasteiger partial charge in [0.25, 0.3) is 0 Å². The summed E-state index contributed by atoms with van der Waals surface area (Å²) in [6.45, 7) is 4.18. The minimum Gasteiger partial charge on any atom is -0.493 e. The quantitative estimate of drug-likeness (QED) is 0.589. The van der Waals surface area contributed by atoms with E-state index in [0.717, 1.165) is 26.2 Å². The average Bonchev–Trinajstić information content (AvgIpc) is 2.96. The van der Waals surface area contributed by atoms with Crippen LogP contribution in [0.25, 0.3) is 11.6 Å². The van der Waals surface area contributed by atoms with Gasteiger partial charge in [0.1, 0.15) is 0 Å². The van der Waals surface area contributed by atoms with Gasteiger partial charge in [-0.3, -0.25) is 9.56 Å². The summed E-state index contributed by atoms with van der Waals surface area (Å²) in [5, 5.41) is 10.3. The lowest BCUT2D eigenvalue weighted by Crippen LogP contribution is -1.93. The highest BCUT2D eigenvalue weighted by molar-refractivity contribution is 9.10. The molecule has 21 heavy (non-hydrogen) atoms. The second-order valence-electron chi connectivity index (χ2n) is 4.47. The third-order valence-corrected chi connectivity index (χ3v) is 4.98. The summed E-state index contributed by atoms with van der Waals surface area (Å²) in [5.41, 5.74) is 2.93. The van der Waals surface area contributed by atoms with E-state index in [0.29, 0.717) is 10.5 Å². The van der Waals surface area contributed by atoms with E-state index in [9.17, 15) is 5.11 Å². The summed E-state index contributed by atoms with van der Waals surface area (Å²) < 4.78 is 3.29. The number of nitrogens with zero attached hydrogens (tertiary/aromatic N) is 2. The standard InChI is InChI=1S/C15H11BrN2OS2/c1-2-5-18-14(19)13(21-15(18)20)6-9-8-17-12-4-3-10(16)7-11(9)12/h2-4,6-8,19H,1,5H2/b9-6+. The molecule has 1 aromatic carbocycles. The number of aromatic hydroxyl groups is 1. The van der Waals surface area contributed by atoms with Gasteiger partial charge in [0, 0.05) is 28.4 Å². The fourth-order valence-electron chi connectivity index (χ4n) is 2.12. The summed E-state index contributed by atoms with van der Waals surface area (Å²) in [6.07, 6.45) is 5.43. The lowest BCUT2D eigenvalue weighted by Gasteiger charge is -2.01. The minimum absolute atomic E-state index is 0.175. The van der Waals surface area contributed by atoms with Crippen molar-refractivity contribution < 1.29 is 5.11 Å². The smallest absolute Gasteiger partial charge is 0.210 e. The molecular weight excluding hydrogens is 368 g/mol. The maximum atomic E-state index is 10.3. The number of hydrogen-bond donors (Lipinski definition) is 1. The highest BCUT2D eigenvalue weighted by Gasteiger charge is 2.15. The summed E-state index contributed by atoms with van der Waals surface area (Å²) in [4.78, 5) is 5.11. The number of aliphatic imine (C=N–C) groups is 1. The normalized spacial score (nSPS) is 14.6. The van der Waals surface area contributed by atoms with Crippen molar-refractivity contribution in [1.29, 1.82) is 0 Å². The Kier molecular flexibility index (Phi) is 3.93. The van der Waals surface area contributed by atoms with Crippen LogP contribution in [0.1, 0.15) is 10.4 Å². The molecule has 1 N–H and O–H groups in total. The fraction of sp³-hybridized carbons (Fsp3) is 0.0667. The van der Waals surface area contributed by atoms with Crippen LogP contribution in [0.4, 0.5) is 5.69 Å². The first-order valence-electron chi connectivity index (χ1n) is 6.19. The van der Waals surface area contributed by atoms with Gasteiger partial charge in [0.05, 0.1) is 10.6 Å². The molecule has 106 valence electrons. The zero-order valence-electron chi connectivity index (χ0n) is 10.9. The van der Waals surface area contributed by atoms with Gasteiger partial charge in [-0.15, -0.1) is 17.9 Å². The van der Waals surface area contributed by atoms with Crippen LogP contribution in [0, 0.1) is 3.95 Å². The van der Waals surface area contributed by atoms with Crippen LogP contribution in [0.5, 0.6) is 5.88 Å². The Balaban J connectivity index is 2.08. The van der Waals surface area contributed by atoms with Gasteiger partial charge in [-0.1, -0.05) is 22.0 Å². The van der Waals surface area contributed by atoms with E-state index in [4.69, 9.17) is 12.2 Å². The van der Waals surface area contributed by atoms with Crippen molar-refractivity contribution in [3.05, 3.63) is 49.7 Å². The monoisotopic (exact) mass is 378 g/mol. The van der Waals surface area contributed by atoms with E-state index < -0.39 is 0 Å². The maximum absolute atomic E-state index is 10.3. The van der Waals surface area contributed by atoms with Gasteiger partial charge >= 0.3 is 0 Å². The SMILES string of the molecule is C=CCn1c(O)c(/C=C2\C=Nc3ccc(Br)cc32)sc1=S. The molecule has 0 bridgehead atoms. The van der Waals surface area contributed by atoms with Crippen molar-refractivity contribution in [3.8, 4) is 5.88 Å². The molecule has 1 aliphatic rings. The Hall–Kier alpha value is -1.50. The third-order valence-electron chi connectivity index (χ3n) is 3.10. The summed E-state index contributed by atoms with van der Waals surface area (Å²) in [6, 6.07) is 5.94. The van der Waals surface area contributed by atoms with Gasteiger partial charge in [0.2, 0.25) is 5.88 Å². The van der Waals surface area contributed by atoms with Crippen LogP contribution in [-0.4, -0.2) is 15.9 Å². The number of benzene rings is 1. The number of aromatic nitrogens is 1. The van der Waals surface area contributed by atoms with Crippen LogP contribution in [-0.2, 0) is 6.54 Å². The molecule has 0 amide bonds. The van der Waals surface area contributed by atoms with Crippen LogP contribution >= 0.6 is 39.5 Å². The van der Waals surface area contributed by atoms with Crippen molar-refractivity contribution in [1.82, 2.24) is 4.57 Å². The van der Waals surface area contributed by atoms with Crippen LogP contribution < -0.4 is 0 Å². The van der Waals surface area contributed by atoms with E-state index in [1.807, 2.05) is 24.3 Å².